The van der Waals surface area contributed by atoms with Gasteiger partial charge in [-0.05, 0) is 32.6 Å². The number of hydrogen-bond acceptors (Lipinski definition) is 1. The summed E-state index contributed by atoms with van der Waals surface area (Å²) in [5, 5.41) is 0.409. The second-order valence-electron chi connectivity index (χ2n) is 9.15. The van der Waals surface area contributed by atoms with Gasteiger partial charge in [-0.2, -0.15) is 57.1 Å². The highest BCUT2D eigenvalue weighted by Gasteiger charge is 2.90. The molecule has 1 atom stereocenters. The number of rotatable bonds is 10. The quantitative estimate of drug-likeness (QED) is 0.216. The average Bonchev–Trinajstić information content (AvgIpc) is 2.70. The van der Waals surface area contributed by atoms with Crippen LogP contribution in [0.5, 0.6) is 0 Å². The van der Waals surface area contributed by atoms with E-state index in [4.69, 9.17) is 0 Å². The number of benzene rings is 1. The van der Waals surface area contributed by atoms with Gasteiger partial charge >= 0.3 is 35.8 Å². The molecular formula is C20H24F13NSi. The van der Waals surface area contributed by atoms with Gasteiger partial charge in [0.1, 0.15) is 0 Å². The van der Waals surface area contributed by atoms with Crippen LogP contribution >= 0.6 is 0 Å². The fourth-order valence-corrected chi connectivity index (χ4v) is 5.38. The summed E-state index contributed by atoms with van der Waals surface area (Å²) in [5.41, 5.74) is 0.799. The Kier molecular flexibility index (Phi) is 8.48. The number of hydrogen-bond donors (Lipinski definition) is 0. The molecule has 0 fully saturated rings. The van der Waals surface area contributed by atoms with E-state index in [1.165, 1.54) is 25.2 Å². The molecule has 1 rings (SSSR count). The minimum absolute atomic E-state index is 0.0596. The summed E-state index contributed by atoms with van der Waals surface area (Å²) < 4.78 is 173. The van der Waals surface area contributed by atoms with E-state index in [0.29, 0.717) is 5.19 Å². The standard InChI is InChI=1S/C20H24F13NSi/c1-12(34(2)3)13-6-8-14(9-7-13)35(4,5)11-10-15(21,22)16(23,24)17(25,26)18(27,28)19(29,30)20(31,32)33/h6-9,12H,10-11H2,1-5H3/t12-/m1/s1. The van der Waals surface area contributed by atoms with Crippen LogP contribution in [0, 0.1) is 0 Å². The summed E-state index contributed by atoms with van der Waals surface area (Å²) in [5.74, 6) is -36.6. The van der Waals surface area contributed by atoms with Crippen molar-refractivity contribution in [1.82, 2.24) is 4.90 Å². The van der Waals surface area contributed by atoms with E-state index in [1.807, 2.05) is 11.8 Å². The van der Waals surface area contributed by atoms with Gasteiger partial charge in [0.05, 0.1) is 8.07 Å². The molecule has 0 saturated heterocycles. The molecule has 1 nitrogen and oxygen atoms in total. The van der Waals surface area contributed by atoms with Crippen LogP contribution in [0.2, 0.25) is 19.1 Å². The van der Waals surface area contributed by atoms with E-state index in [-0.39, 0.29) is 6.04 Å². The van der Waals surface area contributed by atoms with Crippen LogP contribution in [0.1, 0.15) is 24.9 Å². The molecule has 0 aromatic heterocycles. The largest absolute Gasteiger partial charge is 0.460 e. The highest BCUT2D eigenvalue weighted by molar-refractivity contribution is 6.89. The van der Waals surface area contributed by atoms with Gasteiger partial charge in [0.25, 0.3) is 0 Å². The van der Waals surface area contributed by atoms with E-state index in [2.05, 4.69) is 0 Å². The van der Waals surface area contributed by atoms with Gasteiger partial charge in [-0.3, -0.25) is 0 Å². The van der Waals surface area contributed by atoms with Crippen LogP contribution in [0.4, 0.5) is 57.1 Å². The molecule has 0 aliphatic heterocycles. The Morgan fingerprint density at radius 1 is 0.686 bits per heavy atom. The van der Waals surface area contributed by atoms with Crippen molar-refractivity contribution in [3.05, 3.63) is 29.8 Å². The summed E-state index contributed by atoms with van der Waals surface area (Å²) in [7, 11) is 0.450. The van der Waals surface area contributed by atoms with Gasteiger partial charge in [-0.15, -0.1) is 0 Å². The molecule has 0 bridgehead atoms. The maximum atomic E-state index is 14.1. The van der Waals surface area contributed by atoms with E-state index >= 15 is 0 Å². The molecule has 0 aliphatic rings. The molecule has 0 aliphatic carbocycles. The molecule has 1 aromatic carbocycles. The second-order valence-corrected chi connectivity index (χ2v) is 14.0. The Morgan fingerprint density at radius 3 is 1.46 bits per heavy atom. The van der Waals surface area contributed by atoms with Crippen LogP contribution in [0.3, 0.4) is 0 Å². The van der Waals surface area contributed by atoms with Crippen molar-refractivity contribution >= 4 is 13.3 Å². The number of alkyl halides is 13. The lowest BCUT2D eigenvalue weighted by molar-refractivity contribution is -0.439. The third kappa shape index (κ3) is 5.44. The predicted molar refractivity (Wildman–Crippen MR) is 106 cm³/mol. The molecule has 35 heavy (non-hydrogen) atoms. The minimum atomic E-state index is -7.86. The van der Waals surface area contributed by atoms with E-state index in [1.54, 1.807) is 26.2 Å². The molecule has 0 radical (unpaired) electrons. The Bertz CT molecular complexity index is 861. The maximum absolute atomic E-state index is 14.1. The van der Waals surface area contributed by atoms with Crippen molar-refractivity contribution in [3.8, 4) is 0 Å². The molecular weight excluding hydrogens is 529 g/mol. The van der Waals surface area contributed by atoms with E-state index in [9.17, 15) is 57.1 Å². The Labute approximate surface area is 194 Å². The molecule has 0 unspecified atom stereocenters. The second kappa shape index (κ2) is 9.42. The van der Waals surface area contributed by atoms with Gasteiger partial charge in [0.15, 0.2) is 0 Å². The van der Waals surface area contributed by atoms with Crippen LogP contribution < -0.4 is 5.19 Å². The van der Waals surface area contributed by atoms with Crippen molar-refractivity contribution in [2.45, 2.75) is 74.3 Å². The SMILES string of the molecule is C[C@H](c1ccc([Si](C)(C)CCC(F)(F)C(F)(F)C(F)(F)C(F)(F)C(F)(F)C(F)(F)F)cc1)N(C)C. The first-order chi connectivity index (χ1) is 15.3. The monoisotopic (exact) mass is 553 g/mol. The Hall–Kier alpha value is -1.51. The molecule has 1 aromatic rings. The van der Waals surface area contributed by atoms with Crippen molar-refractivity contribution in [2.24, 2.45) is 0 Å². The van der Waals surface area contributed by atoms with Gasteiger partial charge in [-0.1, -0.05) is 42.5 Å². The first-order valence-electron chi connectivity index (χ1n) is 10.0. The van der Waals surface area contributed by atoms with Gasteiger partial charge in [0, 0.05) is 12.5 Å². The summed E-state index contributed by atoms with van der Waals surface area (Å²) >= 11 is 0. The first kappa shape index (κ1) is 31.5. The summed E-state index contributed by atoms with van der Waals surface area (Å²) in [6.45, 7) is 4.62. The van der Waals surface area contributed by atoms with Crippen molar-refractivity contribution in [2.75, 3.05) is 14.1 Å². The lowest BCUT2D eigenvalue weighted by Crippen LogP contribution is -2.70. The smallest absolute Gasteiger partial charge is 0.303 e. The number of nitrogens with zero attached hydrogens (tertiary/aromatic N) is 1. The van der Waals surface area contributed by atoms with Gasteiger partial charge < -0.3 is 4.90 Å². The normalized spacial score (nSPS) is 16.1. The summed E-state index contributed by atoms with van der Waals surface area (Å²) in [6, 6.07) is 5.30. The molecule has 0 N–H and O–H groups in total. The Balaban J connectivity index is 3.22. The maximum Gasteiger partial charge on any atom is 0.460 e. The average molecular weight is 553 g/mol. The number of halogens is 13. The third-order valence-electron chi connectivity index (χ3n) is 6.01. The zero-order valence-electron chi connectivity index (χ0n) is 19.2. The van der Waals surface area contributed by atoms with Gasteiger partial charge in [-0.25, -0.2) is 0 Å². The lowest BCUT2D eigenvalue weighted by atomic mass is 9.93. The lowest BCUT2D eigenvalue weighted by Gasteiger charge is -2.40. The van der Waals surface area contributed by atoms with E-state index < -0.39 is 56.3 Å². The van der Waals surface area contributed by atoms with Crippen molar-refractivity contribution < 1.29 is 57.1 Å². The predicted octanol–water partition coefficient (Wildman–Crippen LogP) is 7.35. The first-order valence-corrected chi connectivity index (χ1v) is 13.2. The van der Waals surface area contributed by atoms with Crippen LogP contribution in [-0.2, 0) is 0 Å². The third-order valence-corrected chi connectivity index (χ3v) is 9.41. The van der Waals surface area contributed by atoms with E-state index in [0.717, 1.165) is 5.56 Å². The highest BCUT2D eigenvalue weighted by atomic mass is 28.3. The molecule has 0 saturated carbocycles. The van der Waals surface area contributed by atoms with Gasteiger partial charge in [0.2, 0.25) is 0 Å². The molecule has 0 amide bonds. The summed E-state index contributed by atoms with van der Waals surface area (Å²) in [4.78, 5) is 1.85. The minimum Gasteiger partial charge on any atom is -0.303 e. The van der Waals surface area contributed by atoms with Crippen molar-refractivity contribution in [1.29, 1.82) is 0 Å². The Morgan fingerprint density at radius 2 is 1.09 bits per heavy atom. The zero-order chi connectivity index (χ0) is 28.1. The molecule has 204 valence electrons. The van der Waals surface area contributed by atoms with Crippen molar-refractivity contribution in [3.63, 3.8) is 0 Å². The fourth-order valence-electron chi connectivity index (χ4n) is 3.08. The van der Waals surface area contributed by atoms with Crippen LogP contribution in [0.15, 0.2) is 24.3 Å². The molecule has 0 spiro atoms. The topological polar surface area (TPSA) is 3.24 Å². The molecule has 0 heterocycles. The highest BCUT2D eigenvalue weighted by Crippen LogP contribution is 2.60. The molecule has 15 heteroatoms. The van der Waals surface area contributed by atoms with Crippen LogP contribution in [0.25, 0.3) is 0 Å². The van der Waals surface area contributed by atoms with Crippen LogP contribution in [-0.4, -0.2) is 62.9 Å². The zero-order valence-corrected chi connectivity index (χ0v) is 20.2. The summed E-state index contributed by atoms with van der Waals surface area (Å²) in [6.07, 6.45) is -9.56. The fraction of sp³-hybridized carbons (Fsp3) is 0.700.